The number of carbonyl (C=O) groups excluding carboxylic acids is 1. The normalized spacial score (nSPS) is 10.9. The standard InChI is InChI=1S/C20H24N6O4S/c1-4-10-26-16(21)15(18(28)22-19(26)29)14(27)11-31-20-24-23-17(25(20)5-2)12-6-8-13(30-3)9-7-12/h6-9H,4-5,10-11,21H2,1-3H3,(H,22,28,29). The largest absolute Gasteiger partial charge is 0.497 e. The van der Waals surface area contributed by atoms with Crippen LogP contribution >= 0.6 is 11.8 Å². The summed E-state index contributed by atoms with van der Waals surface area (Å²) in [6, 6.07) is 7.43. The Hall–Kier alpha value is -3.34. The number of aromatic amines is 1. The van der Waals surface area contributed by atoms with Crippen molar-refractivity contribution in [3.63, 3.8) is 0 Å². The number of nitrogen functional groups attached to an aromatic ring is 1. The van der Waals surface area contributed by atoms with Crippen molar-refractivity contribution in [3.05, 3.63) is 50.7 Å². The number of ether oxygens (including phenoxy) is 1. The molecule has 0 saturated carbocycles. The van der Waals surface area contributed by atoms with Crippen molar-refractivity contribution in [3.8, 4) is 17.1 Å². The second kappa shape index (κ2) is 9.65. The lowest BCUT2D eigenvalue weighted by atomic mass is 10.2. The first-order chi connectivity index (χ1) is 14.9. The van der Waals surface area contributed by atoms with Gasteiger partial charge < -0.3 is 15.0 Å². The summed E-state index contributed by atoms with van der Waals surface area (Å²) in [7, 11) is 1.60. The molecule has 0 amide bonds. The number of benzene rings is 1. The van der Waals surface area contributed by atoms with Crippen molar-refractivity contribution in [2.45, 2.75) is 38.5 Å². The number of hydrogen-bond donors (Lipinski definition) is 2. The summed E-state index contributed by atoms with van der Waals surface area (Å²) in [5, 5.41) is 8.99. The number of nitrogens with zero attached hydrogens (tertiary/aromatic N) is 4. The van der Waals surface area contributed by atoms with Crippen molar-refractivity contribution >= 4 is 23.4 Å². The van der Waals surface area contributed by atoms with Gasteiger partial charge in [-0.3, -0.25) is 19.1 Å². The van der Waals surface area contributed by atoms with Gasteiger partial charge in [0.15, 0.2) is 16.8 Å². The molecule has 11 heteroatoms. The van der Waals surface area contributed by atoms with Crippen molar-refractivity contribution in [1.29, 1.82) is 0 Å². The Bertz CT molecular complexity index is 1200. The number of ketones is 1. The molecule has 2 heterocycles. The van der Waals surface area contributed by atoms with E-state index >= 15 is 0 Å². The van der Waals surface area contributed by atoms with Crippen molar-refractivity contribution in [2.75, 3.05) is 18.6 Å². The summed E-state index contributed by atoms with van der Waals surface area (Å²) in [5.41, 5.74) is 5.22. The molecular weight excluding hydrogens is 420 g/mol. The predicted molar refractivity (Wildman–Crippen MR) is 119 cm³/mol. The van der Waals surface area contributed by atoms with Crippen molar-refractivity contribution in [2.24, 2.45) is 0 Å². The Kier molecular flexibility index (Phi) is 6.95. The lowest BCUT2D eigenvalue weighted by molar-refractivity contribution is 0.102. The second-order valence-corrected chi connectivity index (χ2v) is 7.60. The van der Waals surface area contributed by atoms with Crippen LogP contribution in [-0.4, -0.2) is 43.0 Å². The van der Waals surface area contributed by atoms with Crippen LogP contribution in [0.3, 0.4) is 0 Å². The van der Waals surface area contributed by atoms with Gasteiger partial charge in [0.1, 0.15) is 17.1 Å². The molecule has 0 aliphatic carbocycles. The molecule has 2 aromatic heterocycles. The number of rotatable bonds is 9. The quantitative estimate of drug-likeness (QED) is 0.376. The van der Waals surface area contributed by atoms with E-state index in [1.54, 1.807) is 7.11 Å². The fraction of sp³-hybridized carbons (Fsp3) is 0.350. The van der Waals surface area contributed by atoms with Crippen LogP contribution in [0.15, 0.2) is 39.0 Å². The molecule has 0 aliphatic rings. The molecule has 0 fully saturated rings. The van der Waals surface area contributed by atoms with Gasteiger partial charge in [-0.15, -0.1) is 10.2 Å². The fourth-order valence-electron chi connectivity index (χ4n) is 3.14. The van der Waals surface area contributed by atoms with E-state index < -0.39 is 17.0 Å². The lowest BCUT2D eigenvalue weighted by Crippen LogP contribution is -2.36. The van der Waals surface area contributed by atoms with Crippen molar-refractivity contribution in [1.82, 2.24) is 24.3 Å². The first-order valence-electron chi connectivity index (χ1n) is 9.77. The molecular formula is C20H24N6O4S. The van der Waals surface area contributed by atoms with Crippen LogP contribution in [0.25, 0.3) is 11.4 Å². The minimum absolute atomic E-state index is 0.0711. The molecule has 10 nitrogen and oxygen atoms in total. The number of hydrogen-bond acceptors (Lipinski definition) is 8. The van der Waals surface area contributed by atoms with Gasteiger partial charge in [-0.05, 0) is 37.6 Å². The van der Waals surface area contributed by atoms with E-state index in [1.165, 1.54) is 4.57 Å². The molecule has 31 heavy (non-hydrogen) atoms. The maximum Gasteiger partial charge on any atom is 0.329 e. The summed E-state index contributed by atoms with van der Waals surface area (Å²) >= 11 is 1.16. The average molecular weight is 445 g/mol. The Morgan fingerprint density at radius 3 is 2.48 bits per heavy atom. The van der Waals surface area contributed by atoms with E-state index in [-0.39, 0.29) is 17.1 Å². The number of methoxy groups -OCH3 is 1. The van der Waals surface area contributed by atoms with Crippen LogP contribution in [-0.2, 0) is 13.1 Å². The fourth-order valence-corrected chi connectivity index (χ4v) is 4.01. The highest BCUT2D eigenvalue weighted by Crippen LogP contribution is 2.26. The van der Waals surface area contributed by atoms with Gasteiger partial charge in [0.05, 0.1) is 12.9 Å². The molecule has 0 aliphatic heterocycles. The van der Waals surface area contributed by atoms with Gasteiger partial charge in [-0.2, -0.15) is 0 Å². The summed E-state index contributed by atoms with van der Waals surface area (Å²) in [6.07, 6.45) is 0.631. The maximum absolute atomic E-state index is 12.8. The van der Waals surface area contributed by atoms with Crippen LogP contribution in [0.2, 0.25) is 0 Å². The van der Waals surface area contributed by atoms with Gasteiger partial charge in [0, 0.05) is 18.7 Å². The molecule has 0 spiro atoms. The van der Waals surface area contributed by atoms with E-state index in [9.17, 15) is 14.4 Å². The zero-order valence-corrected chi connectivity index (χ0v) is 18.4. The van der Waals surface area contributed by atoms with Gasteiger partial charge >= 0.3 is 5.69 Å². The predicted octanol–water partition coefficient (Wildman–Crippen LogP) is 1.79. The summed E-state index contributed by atoms with van der Waals surface area (Å²) in [5.74, 6) is 0.730. The molecule has 3 rings (SSSR count). The number of nitrogens with one attached hydrogen (secondary N) is 1. The highest BCUT2D eigenvalue weighted by atomic mass is 32.2. The van der Waals surface area contributed by atoms with E-state index in [0.29, 0.717) is 30.5 Å². The maximum atomic E-state index is 12.8. The van der Waals surface area contributed by atoms with E-state index in [2.05, 4.69) is 15.2 Å². The van der Waals surface area contributed by atoms with Gasteiger partial charge in [0.25, 0.3) is 5.56 Å². The Balaban J connectivity index is 1.84. The van der Waals surface area contributed by atoms with Gasteiger partial charge in [-0.1, -0.05) is 18.7 Å². The second-order valence-electron chi connectivity index (χ2n) is 6.66. The van der Waals surface area contributed by atoms with Crippen LogP contribution in [0.4, 0.5) is 5.82 Å². The third-order valence-corrected chi connectivity index (χ3v) is 5.65. The minimum atomic E-state index is -0.781. The topological polar surface area (TPSA) is 138 Å². The monoisotopic (exact) mass is 444 g/mol. The molecule has 3 N–H and O–H groups in total. The highest BCUT2D eigenvalue weighted by Gasteiger charge is 2.21. The molecule has 164 valence electrons. The first kappa shape index (κ1) is 22.3. The van der Waals surface area contributed by atoms with Gasteiger partial charge in [-0.25, -0.2) is 4.79 Å². The number of nitrogens with two attached hydrogens (primary N) is 1. The first-order valence-corrected chi connectivity index (χ1v) is 10.8. The number of aromatic nitrogens is 5. The summed E-state index contributed by atoms with van der Waals surface area (Å²) in [4.78, 5) is 39.1. The zero-order chi connectivity index (χ0) is 22.5. The highest BCUT2D eigenvalue weighted by molar-refractivity contribution is 7.99. The SMILES string of the molecule is CCCn1c(N)c(C(=O)CSc2nnc(-c3ccc(OC)cc3)n2CC)c(=O)[nH]c1=O. The van der Waals surface area contributed by atoms with Crippen LogP contribution in [0.5, 0.6) is 5.75 Å². The average Bonchev–Trinajstić information content (AvgIpc) is 3.18. The molecule has 0 saturated heterocycles. The Morgan fingerprint density at radius 1 is 1.16 bits per heavy atom. The van der Waals surface area contributed by atoms with E-state index in [4.69, 9.17) is 10.5 Å². The Morgan fingerprint density at radius 2 is 1.87 bits per heavy atom. The zero-order valence-electron chi connectivity index (χ0n) is 17.5. The number of Topliss-reactive ketones (excluding diaryl/α,β-unsaturated/α-hetero) is 1. The van der Waals surface area contributed by atoms with Gasteiger partial charge in [0.2, 0.25) is 0 Å². The van der Waals surface area contributed by atoms with E-state index in [1.807, 2.05) is 42.7 Å². The van der Waals surface area contributed by atoms with Crippen LogP contribution in [0.1, 0.15) is 30.6 Å². The summed E-state index contributed by atoms with van der Waals surface area (Å²) < 4.78 is 8.26. The molecule has 0 bridgehead atoms. The Labute approximate surface area is 182 Å². The molecule has 0 radical (unpaired) electrons. The lowest BCUT2D eigenvalue weighted by Gasteiger charge is -2.11. The molecule has 0 atom stereocenters. The van der Waals surface area contributed by atoms with E-state index in [0.717, 1.165) is 23.1 Å². The van der Waals surface area contributed by atoms with Crippen molar-refractivity contribution < 1.29 is 9.53 Å². The smallest absolute Gasteiger partial charge is 0.329 e. The number of H-pyrrole nitrogens is 1. The van der Waals surface area contributed by atoms with Crippen LogP contribution < -0.4 is 21.7 Å². The molecule has 3 aromatic rings. The third kappa shape index (κ3) is 4.55. The number of carbonyl (C=O) groups is 1. The third-order valence-electron chi connectivity index (χ3n) is 4.68. The number of anilines is 1. The number of thioether (sulfide) groups is 1. The minimum Gasteiger partial charge on any atom is -0.497 e. The molecule has 1 aromatic carbocycles. The van der Waals surface area contributed by atoms with Crippen LogP contribution in [0, 0.1) is 0 Å². The molecule has 0 unspecified atom stereocenters. The summed E-state index contributed by atoms with van der Waals surface area (Å²) in [6.45, 7) is 4.72.